The van der Waals surface area contributed by atoms with E-state index in [1.165, 1.54) is 11.8 Å². The summed E-state index contributed by atoms with van der Waals surface area (Å²) in [6.07, 6.45) is 2.54. The molecule has 1 aromatic rings. The van der Waals surface area contributed by atoms with Gasteiger partial charge in [-0.1, -0.05) is 11.8 Å². The maximum atomic E-state index is 5.54. The number of nitrogens with zero attached hydrogens (tertiary/aromatic N) is 2. The molecule has 2 N–H and O–H groups in total. The molecule has 11 heavy (non-hydrogen) atoms. The van der Waals surface area contributed by atoms with E-state index in [-0.39, 0.29) is 6.04 Å². The Hall–Kier alpha value is -0.550. The molecule has 0 fully saturated rings. The lowest BCUT2D eigenvalue weighted by atomic mass is 10.2. The molecule has 0 spiro atoms. The van der Waals surface area contributed by atoms with Gasteiger partial charge < -0.3 is 10.2 Å². The molecule has 1 aromatic heterocycles. The standard InChI is InChI=1S/C6H11N3OS/c1-4(7)3-5-8-9-6(10-5)11-2/h4H,3,7H2,1-2H3. The molecular weight excluding hydrogens is 162 g/mol. The van der Waals surface area contributed by atoms with Crippen molar-refractivity contribution in [2.75, 3.05) is 6.26 Å². The summed E-state index contributed by atoms with van der Waals surface area (Å²) in [5.41, 5.74) is 5.54. The third-order valence-electron chi connectivity index (χ3n) is 1.12. The summed E-state index contributed by atoms with van der Waals surface area (Å²) in [4.78, 5) is 0. The van der Waals surface area contributed by atoms with Gasteiger partial charge in [-0.3, -0.25) is 0 Å². The van der Waals surface area contributed by atoms with Gasteiger partial charge in [0.2, 0.25) is 5.89 Å². The van der Waals surface area contributed by atoms with E-state index in [0.29, 0.717) is 17.5 Å². The highest BCUT2D eigenvalue weighted by Gasteiger charge is 2.05. The first-order valence-corrected chi connectivity index (χ1v) is 4.57. The molecule has 0 saturated heterocycles. The van der Waals surface area contributed by atoms with Crippen LogP contribution in [-0.2, 0) is 6.42 Å². The van der Waals surface area contributed by atoms with Gasteiger partial charge in [-0.15, -0.1) is 10.2 Å². The van der Waals surface area contributed by atoms with Crippen molar-refractivity contribution in [3.63, 3.8) is 0 Å². The molecule has 0 amide bonds. The predicted molar refractivity (Wildman–Crippen MR) is 43.4 cm³/mol. The molecule has 1 heterocycles. The fraction of sp³-hybridized carbons (Fsp3) is 0.667. The smallest absolute Gasteiger partial charge is 0.276 e. The van der Waals surface area contributed by atoms with E-state index in [9.17, 15) is 0 Å². The third-order valence-corrected chi connectivity index (χ3v) is 1.63. The lowest BCUT2D eigenvalue weighted by Gasteiger charge is -1.96. The van der Waals surface area contributed by atoms with Crippen LogP contribution in [0.2, 0.25) is 0 Å². The topological polar surface area (TPSA) is 64.9 Å². The van der Waals surface area contributed by atoms with Crippen molar-refractivity contribution in [1.82, 2.24) is 10.2 Å². The second kappa shape index (κ2) is 3.73. The molecule has 0 aliphatic carbocycles. The van der Waals surface area contributed by atoms with Crippen molar-refractivity contribution in [2.24, 2.45) is 5.73 Å². The quantitative estimate of drug-likeness (QED) is 0.681. The highest BCUT2D eigenvalue weighted by molar-refractivity contribution is 7.98. The molecule has 0 bridgehead atoms. The Labute approximate surface area is 69.6 Å². The SMILES string of the molecule is CSc1nnc(CC(C)N)o1. The van der Waals surface area contributed by atoms with Crippen LogP contribution in [-0.4, -0.2) is 22.5 Å². The van der Waals surface area contributed by atoms with Crippen LogP contribution in [0.4, 0.5) is 0 Å². The van der Waals surface area contributed by atoms with Crippen LogP contribution in [0.5, 0.6) is 0 Å². The second-order valence-electron chi connectivity index (χ2n) is 2.35. The predicted octanol–water partition coefficient (Wildman–Crippen LogP) is 0.681. The fourth-order valence-electron chi connectivity index (χ4n) is 0.679. The van der Waals surface area contributed by atoms with Crippen LogP contribution in [0, 0.1) is 0 Å². The summed E-state index contributed by atoms with van der Waals surface area (Å²) in [7, 11) is 0. The first-order valence-electron chi connectivity index (χ1n) is 3.34. The van der Waals surface area contributed by atoms with Crippen LogP contribution in [0.1, 0.15) is 12.8 Å². The molecule has 1 unspecified atom stereocenters. The van der Waals surface area contributed by atoms with E-state index in [4.69, 9.17) is 10.2 Å². The lowest BCUT2D eigenvalue weighted by Crippen LogP contribution is -2.17. The zero-order chi connectivity index (χ0) is 8.27. The molecule has 1 rings (SSSR count). The van der Waals surface area contributed by atoms with Crippen molar-refractivity contribution in [1.29, 1.82) is 0 Å². The Morgan fingerprint density at radius 1 is 1.64 bits per heavy atom. The van der Waals surface area contributed by atoms with Gasteiger partial charge in [-0.25, -0.2) is 0 Å². The average Bonchev–Trinajstić information content (AvgIpc) is 2.34. The molecule has 4 nitrogen and oxygen atoms in total. The molecule has 1 atom stereocenters. The van der Waals surface area contributed by atoms with Crippen LogP contribution in [0.25, 0.3) is 0 Å². The zero-order valence-electron chi connectivity index (χ0n) is 6.57. The summed E-state index contributed by atoms with van der Waals surface area (Å²) >= 11 is 1.44. The van der Waals surface area contributed by atoms with Gasteiger partial charge in [0.25, 0.3) is 5.22 Å². The van der Waals surface area contributed by atoms with E-state index in [2.05, 4.69) is 10.2 Å². The maximum absolute atomic E-state index is 5.54. The Balaban J connectivity index is 2.58. The summed E-state index contributed by atoms with van der Waals surface area (Å²) in [5, 5.41) is 8.19. The van der Waals surface area contributed by atoms with E-state index < -0.39 is 0 Å². The number of nitrogens with two attached hydrogens (primary N) is 1. The number of hydrogen-bond acceptors (Lipinski definition) is 5. The maximum Gasteiger partial charge on any atom is 0.276 e. The number of rotatable bonds is 3. The van der Waals surface area contributed by atoms with E-state index in [1.807, 2.05) is 13.2 Å². The fourth-order valence-corrected chi connectivity index (χ4v) is 0.981. The molecule has 0 aliphatic rings. The normalized spacial score (nSPS) is 13.4. The molecule has 5 heteroatoms. The minimum Gasteiger partial charge on any atom is -0.416 e. The van der Waals surface area contributed by atoms with Crippen LogP contribution in [0.15, 0.2) is 9.64 Å². The average molecular weight is 173 g/mol. The van der Waals surface area contributed by atoms with E-state index in [0.717, 1.165) is 0 Å². The summed E-state index contributed by atoms with van der Waals surface area (Å²) in [6.45, 7) is 1.91. The Kier molecular flexibility index (Phi) is 2.90. The molecular formula is C6H11N3OS. The first kappa shape index (κ1) is 8.55. The van der Waals surface area contributed by atoms with Gasteiger partial charge >= 0.3 is 0 Å². The highest BCUT2D eigenvalue weighted by Crippen LogP contribution is 2.12. The number of thioether (sulfide) groups is 1. The van der Waals surface area contributed by atoms with Crippen LogP contribution >= 0.6 is 11.8 Å². The molecule has 0 radical (unpaired) electrons. The minimum absolute atomic E-state index is 0.0742. The summed E-state index contributed by atoms with van der Waals surface area (Å²) in [5.74, 6) is 0.615. The Morgan fingerprint density at radius 2 is 2.36 bits per heavy atom. The van der Waals surface area contributed by atoms with Gasteiger partial charge in [-0.2, -0.15) is 0 Å². The largest absolute Gasteiger partial charge is 0.416 e. The number of aromatic nitrogens is 2. The monoisotopic (exact) mass is 173 g/mol. The molecule has 0 saturated carbocycles. The Bertz CT molecular complexity index is 223. The summed E-state index contributed by atoms with van der Waals surface area (Å²) in [6, 6.07) is 0.0742. The number of hydrogen-bond donors (Lipinski definition) is 1. The van der Waals surface area contributed by atoms with E-state index in [1.54, 1.807) is 0 Å². The molecule has 62 valence electrons. The van der Waals surface area contributed by atoms with Gasteiger partial charge in [0.05, 0.1) is 0 Å². The Morgan fingerprint density at radius 3 is 2.82 bits per heavy atom. The van der Waals surface area contributed by atoms with Crippen LogP contribution < -0.4 is 5.73 Å². The van der Waals surface area contributed by atoms with Gasteiger partial charge in [0.15, 0.2) is 0 Å². The highest BCUT2D eigenvalue weighted by atomic mass is 32.2. The van der Waals surface area contributed by atoms with Crippen molar-refractivity contribution < 1.29 is 4.42 Å². The van der Waals surface area contributed by atoms with Crippen molar-refractivity contribution in [3.05, 3.63) is 5.89 Å². The van der Waals surface area contributed by atoms with Gasteiger partial charge in [-0.05, 0) is 13.2 Å². The molecule has 0 aromatic carbocycles. The van der Waals surface area contributed by atoms with Crippen molar-refractivity contribution in [2.45, 2.75) is 24.6 Å². The van der Waals surface area contributed by atoms with Crippen LogP contribution in [0.3, 0.4) is 0 Å². The second-order valence-corrected chi connectivity index (χ2v) is 3.10. The van der Waals surface area contributed by atoms with Gasteiger partial charge in [0.1, 0.15) is 0 Å². The lowest BCUT2D eigenvalue weighted by molar-refractivity contribution is 0.405. The van der Waals surface area contributed by atoms with Gasteiger partial charge in [0, 0.05) is 12.5 Å². The third kappa shape index (κ3) is 2.51. The zero-order valence-corrected chi connectivity index (χ0v) is 7.39. The molecule has 0 aliphatic heterocycles. The minimum atomic E-state index is 0.0742. The van der Waals surface area contributed by atoms with Crippen molar-refractivity contribution >= 4 is 11.8 Å². The van der Waals surface area contributed by atoms with Crippen molar-refractivity contribution in [3.8, 4) is 0 Å². The first-order chi connectivity index (χ1) is 5.22. The summed E-state index contributed by atoms with van der Waals surface area (Å²) < 4.78 is 5.20. The van der Waals surface area contributed by atoms with E-state index >= 15 is 0 Å².